The van der Waals surface area contributed by atoms with E-state index >= 15 is 0 Å². The Morgan fingerprint density at radius 3 is 3.00 bits per heavy atom. The Morgan fingerprint density at radius 1 is 1.52 bits per heavy atom. The van der Waals surface area contributed by atoms with Crippen LogP contribution >= 0.6 is 11.3 Å². The average Bonchev–Trinajstić information content (AvgIpc) is 3.11. The summed E-state index contributed by atoms with van der Waals surface area (Å²) in [5.74, 6) is 1.18. The van der Waals surface area contributed by atoms with Crippen molar-refractivity contribution < 1.29 is 14.3 Å². The first kappa shape index (κ1) is 17.5. The summed E-state index contributed by atoms with van der Waals surface area (Å²) in [5, 5.41) is 2.57. The second kappa shape index (κ2) is 6.88. The second-order valence-electron chi connectivity index (χ2n) is 6.64. The molecule has 1 aliphatic rings. The van der Waals surface area contributed by atoms with Crippen molar-refractivity contribution in [2.24, 2.45) is 0 Å². The molecule has 1 aromatic carbocycles. The molecule has 0 saturated carbocycles. The Morgan fingerprint density at radius 2 is 2.32 bits per heavy atom. The van der Waals surface area contributed by atoms with Crippen LogP contribution < -0.4 is 14.4 Å². The number of benzene rings is 1. The maximum absolute atomic E-state index is 12.6. The number of nitrogens with zero attached hydrogens (tertiary/aromatic N) is 2. The SMILES string of the molecule is C=CCN(C(=O)COc1cccc2c1OC(C)(C)C2)c1nc(C)cs1. The first-order chi connectivity index (χ1) is 11.9. The molecule has 1 amide bonds. The number of rotatable bonds is 6. The van der Waals surface area contributed by atoms with Gasteiger partial charge in [0.15, 0.2) is 23.2 Å². The first-order valence-electron chi connectivity index (χ1n) is 8.17. The molecule has 2 heterocycles. The number of ether oxygens (including phenoxy) is 2. The van der Waals surface area contributed by atoms with Crippen LogP contribution in [0, 0.1) is 6.92 Å². The summed E-state index contributed by atoms with van der Waals surface area (Å²) < 4.78 is 11.8. The molecule has 0 radical (unpaired) electrons. The maximum atomic E-state index is 12.6. The number of anilines is 1. The van der Waals surface area contributed by atoms with Crippen molar-refractivity contribution in [3.05, 3.63) is 47.5 Å². The number of hydrogen-bond acceptors (Lipinski definition) is 5. The number of hydrogen-bond donors (Lipinski definition) is 0. The van der Waals surface area contributed by atoms with Gasteiger partial charge >= 0.3 is 0 Å². The lowest BCUT2D eigenvalue weighted by Crippen LogP contribution is -2.35. The third-order valence-electron chi connectivity index (χ3n) is 3.86. The zero-order valence-corrected chi connectivity index (χ0v) is 15.6. The molecule has 0 aliphatic carbocycles. The Hall–Kier alpha value is -2.34. The van der Waals surface area contributed by atoms with E-state index in [1.807, 2.05) is 44.4 Å². The first-order valence-corrected chi connectivity index (χ1v) is 9.05. The van der Waals surface area contributed by atoms with Gasteiger partial charge < -0.3 is 9.47 Å². The predicted octanol–water partition coefficient (Wildman–Crippen LogP) is 3.76. The predicted molar refractivity (Wildman–Crippen MR) is 99.7 cm³/mol. The Bertz CT molecular complexity index is 798. The minimum absolute atomic E-state index is 0.0767. The van der Waals surface area contributed by atoms with E-state index in [9.17, 15) is 4.79 Å². The zero-order chi connectivity index (χ0) is 18.0. The fourth-order valence-corrected chi connectivity index (χ4v) is 3.63. The smallest absolute Gasteiger partial charge is 0.266 e. The highest BCUT2D eigenvalue weighted by Gasteiger charge is 2.32. The Kier molecular flexibility index (Phi) is 4.81. The van der Waals surface area contributed by atoms with Crippen LogP contribution in [0.5, 0.6) is 11.5 Å². The third kappa shape index (κ3) is 3.85. The molecule has 25 heavy (non-hydrogen) atoms. The summed E-state index contributed by atoms with van der Waals surface area (Å²) in [5.41, 5.74) is 1.74. The highest BCUT2D eigenvalue weighted by Crippen LogP contribution is 2.41. The van der Waals surface area contributed by atoms with E-state index in [4.69, 9.17) is 9.47 Å². The van der Waals surface area contributed by atoms with Crippen LogP contribution in [0.2, 0.25) is 0 Å². The lowest BCUT2D eigenvalue weighted by molar-refractivity contribution is -0.120. The molecule has 0 fully saturated rings. The Balaban J connectivity index is 1.72. The lowest BCUT2D eigenvalue weighted by Gasteiger charge is -2.20. The fraction of sp³-hybridized carbons (Fsp3) is 0.368. The van der Waals surface area contributed by atoms with Gasteiger partial charge in [0, 0.05) is 23.9 Å². The number of fused-ring (bicyclic) bond motifs is 1. The van der Waals surface area contributed by atoms with E-state index in [-0.39, 0.29) is 18.1 Å². The van der Waals surface area contributed by atoms with E-state index in [0.29, 0.717) is 17.4 Å². The van der Waals surface area contributed by atoms with E-state index in [1.54, 1.807) is 11.0 Å². The van der Waals surface area contributed by atoms with E-state index in [2.05, 4.69) is 11.6 Å². The summed E-state index contributed by atoms with van der Waals surface area (Å²) in [6.45, 7) is 10.0. The van der Waals surface area contributed by atoms with Crippen molar-refractivity contribution in [2.45, 2.75) is 32.8 Å². The quantitative estimate of drug-likeness (QED) is 0.738. The van der Waals surface area contributed by atoms with Crippen molar-refractivity contribution in [3.8, 4) is 11.5 Å². The van der Waals surface area contributed by atoms with Crippen LogP contribution in [0.25, 0.3) is 0 Å². The molecule has 0 N–H and O–H groups in total. The van der Waals surface area contributed by atoms with Gasteiger partial charge in [-0.1, -0.05) is 18.2 Å². The van der Waals surface area contributed by atoms with Crippen LogP contribution in [-0.4, -0.2) is 29.6 Å². The number of amides is 1. The van der Waals surface area contributed by atoms with Gasteiger partial charge in [-0.3, -0.25) is 9.69 Å². The van der Waals surface area contributed by atoms with E-state index in [1.165, 1.54) is 11.3 Å². The molecule has 0 bridgehead atoms. The summed E-state index contributed by atoms with van der Waals surface area (Å²) in [7, 11) is 0. The van der Waals surface area contributed by atoms with Crippen LogP contribution in [-0.2, 0) is 11.2 Å². The summed E-state index contributed by atoms with van der Waals surface area (Å²) in [6.07, 6.45) is 2.51. The summed E-state index contributed by atoms with van der Waals surface area (Å²) >= 11 is 1.43. The molecule has 0 atom stereocenters. The lowest BCUT2D eigenvalue weighted by atomic mass is 10.0. The number of carbonyl (C=O) groups is 1. The van der Waals surface area contributed by atoms with Gasteiger partial charge in [-0.05, 0) is 26.8 Å². The monoisotopic (exact) mass is 358 g/mol. The highest BCUT2D eigenvalue weighted by atomic mass is 32.1. The second-order valence-corrected chi connectivity index (χ2v) is 7.47. The Labute approximate surface area is 151 Å². The molecule has 6 heteroatoms. The molecule has 1 aromatic heterocycles. The molecular weight excluding hydrogens is 336 g/mol. The van der Waals surface area contributed by atoms with Crippen molar-refractivity contribution in [3.63, 3.8) is 0 Å². The minimum atomic E-state index is -0.251. The topological polar surface area (TPSA) is 51.7 Å². The molecular formula is C19H22N2O3S. The van der Waals surface area contributed by atoms with Gasteiger partial charge in [0.2, 0.25) is 0 Å². The number of aryl methyl sites for hydroxylation is 1. The molecule has 1 aliphatic heterocycles. The molecule has 2 aromatic rings. The average molecular weight is 358 g/mol. The summed E-state index contributed by atoms with van der Waals surface area (Å²) in [6, 6.07) is 5.79. The van der Waals surface area contributed by atoms with Gasteiger partial charge in [-0.15, -0.1) is 17.9 Å². The number of para-hydroxylation sites is 1. The van der Waals surface area contributed by atoms with Crippen LogP contribution in [0.3, 0.4) is 0 Å². The summed E-state index contributed by atoms with van der Waals surface area (Å²) in [4.78, 5) is 18.6. The van der Waals surface area contributed by atoms with Gasteiger partial charge in [-0.2, -0.15) is 0 Å². The molecule has 0 saturated heterocycles. The van der Waals surface area contributed by atoms with Gasteiger partial charge in [0.1, 0.15) is 5.60 Å². The van der Waals surface area contributed by atoms with Crippen LogP contribution in [0.4, 0.5) is 5.13 Å². The fourth-order valence-electron chi connectivity index (χ4n) is 2.80. The van der Waals surface area contributed by atoms with Gasteiger partial charge in [0.05, 0.1) is 5.69 Å². The largest absolute Gasteiger partial charge is 0.483 e. The van der Waals surface area contributed by atoms with Crippen molar-refractivity contribution >= 4 is 22.4 Å². The van der Waals surface area contributed by atoms with Crippen molar-refractivity contribution in [1.82, 2.24) is 4.98 Å². The molecule has 0 unspecified atom stereocenters. The molecule has 5 nitrogen and oxygen atoms in total. The van der Waals surface area contributed by atoms with Crippen molar-refractivity contribution in [1.29, 1.82) is 0 Å². The van der Waals surface area contributed by atoms with Gasteiger partial charge in [-0.25, -0.2) is 4.98 Å². The third-order valence-corrected chi connectivity index (χ3v) is 4.84. The van der Waals surface area contributed by atoms with Crippen LogP contribution in [0.15, 0.2) is 36.2 Å². The van der Waals surface area contributed by atoms with E-state index in [0.717, 1.165) is 23.4 Å². The van der Waals surface area contributed by atoms with Gasteiger partial charge in [0.25, 0.3) is 5.91 Å². The molecule has 132 valence electrons. The molecule has 3 rings (SSSR count). The number of carbonyl (C=O) groups excluding carboxylic acids is 1. The standard InChI is InChI=1S/C19H22N2O3S/c1-5-9-21(18-20-13(2)12-25-18)16(22)11-23-15-8-6-7-14-10-19(3,4)24-17(14)15/h5-8,12H,1,9-11H2,2-4H3. The van der Waals surface area contributed by atoms with Crippen LogP contribution in [0.1, 0.15) is 25.1 Å². The number of aromatic nitrogens is 1. The zero-order valence-electron chi connectivity index (χ0n) is 14.7. The maximum Gasteiger partial charge on any atom is 0.266 e. The number of thiazole rings is 1. The minimum Gasteiger partial charge on any atom is -0.483 e. The normalized spacial score (nSPS) is 14.5. The molecule has 0 spiro atoms. The van der Waals surface area contributed by atoms with Crippen molar-refractivity contribution in [2.75, 3.05) is 18.1 Å². The highest BCUT2D eigenvalue weighted by molar-refractivity contribution is 7.14. The van der Waals surface area contributed by atoms with E-state index < -0.39 is 0 Å².